The topological polar surface area (TPSA) is 167 Å². The zero-order chi connectivity index (χ0) is 33.5. The van der Waals surface area contributed by atoms with Gasteiger partial charge in [0, 0.05) is 60.1 Å². The Balaban J connectivity index is 1.49. The molecular formula is C34H32N5O6S2+. The molecule has 0 aliphatic rings. The number of nitrogen functional groups attached to an aromatic ring is 1. The number of rotatable bonds is 9. The summed E-state index contributed by atoms with van der Waals surface area (Å²) in [6.45, 7) is 5.04. The first-order valence-electron chi connectivity index (χ1n) is 14.6. The standard InChI is InChI=1S/C34H31N5O6S2/c1-3-38(21-23-4-11-28(12-5-23)46(40,41)42)27-10-17-32-34(20-27)39(26-8-13-29(14-9-26)47(43,44)45)33-19-25(7-16-31(33)37-32)36-24-6-15-30(35)22(2)18-24/h4-20H,3,21H2,1-2H3,(H4,35,37,40,41,42,43,44,45)/p+1. The van der Waals surface area contributed by atoms with Crippen molar-refractivity contribution < 1.29 is 30.5 Å². The van der Waals surface area contributed by atoms with Gasteiger partial charge in [-0.05, 0) is 91.7 Å². The van der Waals surface area contributed by atoms with Crippen molar-refractivity contribution in [1.82, 2.24) is 4.98 Å². The van der Waals surface area contributed by atoms with Crippen molar-refractivity contribution in [2.45, 2.75) is 30.2 Å². The summed E-state index contributed by atoms with van der Waals surface area (Å²) >= 11 is 0. The predicted molar refractivity (Wildman–Crippen MR) is 182 cm³/mol. The Hall–Kier alpha value is -5.08. The molecule has 13 heteroatoms. The molecule has 5 N–H and O–H groups in total. The highest BCUT2D eigenvalue weighted by Crippen LogP contribution is 2.28. The summed E-state index contributed by atoms with van der Waals surface area (Å²) < 4.78 is 67.6. The number of aromatic nitrogens is 2. The molecule has 0 bridgehead atoms. The van der Waals surface area contributed by atoms with Gasteiger partial charge in [0.05, 0.1) is 9.79 Å². The van der Waals surface area contributed by atoms with Crippen LogP contribution in [-0.2, 0) is 26.8 Å². The fraction of sp³-hybridized carbons (Fsp3) is 0.118. The van der Waals surface area contributed by atoms with Crippen LogP contribution in [0.2, 0.25) is 0 Å². The van der Waals surface area contributed by atoms with Crippen LogP contribution in [0, 0.1) is 6.92 Å². The van der Waals surface area contributed by atoms with E-state index in [1.807, 2.05) is 73.0 Å². The van der Waals surface area contributed by atoms with E-state index in [0.29, 0.717) is 35.5 Å². The van der Waals surface area contributed by atoms with Crippen LogP contribution in [-0.4, -0.2) is 37.5 Å². The third kappa shape index (κ3) is 6.74. The normalized spacial score (nSPS) is 12.0. The Bertz CT molecular complexity index is 2360. The van der Waals surface area contributed by atoms with Crippen molar-refractivity contribution in [2.24, 2.45) is 0 Å². The minimum Gasteiger partial charge on any atom is -0.399 e. The van der Waals surface area contributed by atoms with Crippen molar-refractivity contribution in [3.63, 3.8) is 0 Å². The number of nitrogens with zero attached hydrogens (tertiary/aromatic N) is 3. The second-order valence-corrected chi connectivity index (χ2v) is 14.0. The lowest BCUT2D eigenvalue weighted by Gasteiger charge is -2.23. The van der Waals surface area contributed by atoms with Crippen molar-refractivity contribution in [3.8, 4) is 5.69 Å². The quantitative estimate of drug-likeness (QED) is 0.0637. The molecule has 5 aromatic carbocycles. The minimum atomic E-state index is -4.39. The highest BCUT2D eigenvalue weighted by Gasteiger charge is 2.23. The van der Waals surface area contributed by atoms with Gasteiger partial charge in [0.2, 0.25) is 16.7 Å². The van der Waals surface area contributed by atoms with Gasteiger partial charge in [-0.1, -0.05) is 12.1 Å². The summed E-state index contributed by atoms with van der Waals surface area (Å²) in [6.07, 6.45) is 0. The summed E-state index contributed by atoms with van der Waals surface area (Å²) in [7, 11) is -8.69. The molecule has 11 nitrogen and oxygen atoms in total. The maximum atomic E-state index is 11.8. The third-order valence-electron chi connectivity index (χ3n) is 7.95. The van der Waals surface area contributed by atoms with E-state index >= 15 is 0 Å². The van der Waals surface area contributed by atoms with E-state index in [2.05, 4.69) is 10.2 Å². The predicted octanol–water partition coefficient (Wildman–Crippen LogP) is 5.82. The van der Waals surface area contributed by atoms with Gasteiger partial charge in [-0.25, -0.2) is 4.98 Å². The van der Waals surface area contributed by atoms with E-state index in [4.69, 9.17) is 10.7 Å². The Kier molecular flexibility index (Phi) is 8.32. The first-order chi connectivity index (χ1) is 22.3. The summed E-state index contributed by atoms with van der Waals surface area (Å²) in [5, 5.41) is 3.43. The molecule has 6 rings (SSSR count). The molecule has 0 aliphatic heterocycles. The van der Waals surface area contributed by atoms with Gasteiger partial charge in [-0.15, -0.1) is 4.57 Å². The lowest BCUT2D eigenvalue weighted by atomic mass is 10.1. The van der Waals surface area contributed by atoms with Crippen LogP contribution >= 0.6 is 0 Å². The monoisotopic (exact) mass is 670 g/mol. The summed E-state index contributed by atoms with van der Waals surface area (Å²) in [5.41, 5.74) is 14.6. The molecule has 0 fully saturated rings. The number of hydrogen-bond acceptors (Lipinski definition) is 8. The van der Waals surface area contributed by atoms with Crippen LogP contribution in [0.5, 0.6) is 0 Å². The Morgan fingerprint density at radius 3 is 1.89 bits per heavy atom. The molecule has 0 saturated carbocycles. The maximum Gasteiger partial charge on any atom is 0.294 e. The molecule has 0 amide bonds. The second kappa shape index (κ2) is 12.3. The van der Waals surface area contributed by atoms with Crippen LogP contribution in [0.4, 0.5) is 22.7 Å². The van der Waals surface area contributed by atoms with Crippen molar-refractivity contribution in [1.29, 1.82) is 0 Å². The van der Waals surface area contributed by atoms with Crippen LogP contribution < -0.4 is 20.5 Å². The van der Waals surface area contributed by atoms with Crippen molar-refractivity contribution in [3.05, 3.63) is 114 Å². The van der Waals surface area contributed by atoms with Crippen LogP contribution in [0.3, 0.4) is 0 Å². The van der Waals surface area contributed by atoms with Gasteiger partial charge in [0.1, 0.15) is 11.0 Å². The molecule has 240 valence electrons. The van der Waals surface area contributed by atoms with E-state index in [9.17, 15) is 25.9 Å². The van der Waals surface area contributed by atoms with E-state index in [1.54, 1.807) is 24.3 Å². The first-order valence-corrected chi connectivity index (χ1v) is 17.5. The third-order valence-corrected chi connectivity index (χ3v) is 9.69. The smallest absolute Gasteiger partial charge is 0.294 e. The number of aryl methyl sites for hydroxylation is 1. The Morgan fingerprint density at radius 1 is 0.745 bits per heavy atom. The van der Waals surface area contributed by atoms with Crippen LogP contribution in [0.15, 0.2) is 113 Å². The number of nitrogens with one attached hydrogen (secondary N) is 1. The summed E-state index contributed by atoms with van der Waals surface area (Å²) in [4.78, 5) is 6.66. The molecule has 6 aromatic rings. The maximum absolute atomic E-state index is 11.8. The average Bonchev–Trinajstić information content (AvgIpc) is 3.03. The first kappa shape index (κ1) is 31.9. The van der Waals surface area contributed by atoms with Crippen LogP contribution in [0.1, 0.15) is 18.1 Å². The fourth-order valence-electron chi connectivity index (χ4n) is 5.45. The van der Waals surface area contributed by atoms with Gasteiger partial charge in [0.15, 0.2) is 0 Å². The van der Waals surface area contributed by atoms with E-state index < -0.39 is 20.2 Å². The van der Waals surface area contributed by atoms with Crippen LogP contribution in [0.25, 0.3) is 27.8 Å². The SMILES string of the molecule is CCN(Cc1ccc(S(=O)(=O)O)cc1)c1ccc2nc3ccc(Nc4ccc(N)c(C)c4)cc3[n+](-c3ccc(S(=O)(=O)O)cc3)c2c1. The van der Waals surface area contributed by atoms with E-state index in [1.165, 1.54) is 24.3 Å². The highest BCUT2D eigenvalue weighted by molar-refractivity contribution is 7.86. The molecule has 0 radical (unpaired) electrons. The van der Waals surface area contributed by atoms with Crippen molar-refractivity contribution in [2.75, 3.05) is 22.5 Å². The van der Waals surface area contributed by atoms with Gasteiger partial charge < -0.3 is 16.0 Å². The van der Waals surface area contributed by atoms with E-state index in [-0.39, 0.29) is 9.79 Å². The number of fused-ring (bicyclic) bond motifs is 2. The zero-order valence-corrected chi connectivity index (χ0v) is 27.1. The fourth-order valence-corrected chi connectivity index (χ4v) is 6.41. The highest BCUT2D eigenvalue weighted by atomic mass is 32.2. The minimum absolute atomic E-state index is 0.172. The van der Waals surface area contributed by atoms with Gasteiger partial charge in [-0.2, -0.15) is 16.8 Å². The molecular weight excluding hydrogens is 639 g/mol. The number of benzene rings is 5. The molecule has 1 aromatic heterocycles. The summed E-state index contributed by atoms with van der Waals surface area (Å²) in [5.74, 6) is 0. The number of anilines is 4. The van der Waals surface area contributed by atoms with Gasteiger partial charge in [0.25, 0.3) is 20.2 Å². The van der Waals surface area contributed by atoms with Gasteiger partial charge in [-0.3, -0.25) is 9.11 Å². The number of hydrogen-bond donors (Lipinski definition) is 4. The molecule has 0 unspecified atom stereocenters. The molecule has 0 aliphatic carbocycles. The molecule has 1 heterocycles. The summed E-state index contributed by atoms with van der Waals surface area (Å²) in [6, 6.07) is 29.4. The zero-order valence-electron chi connectivity index (χ0n) is 25.5. The molecule has 47 heavy (non-hydrogen) atoms. The molecule has 0 spiro atoms. The lowest BCUT2D eigenvalue weighted by Crippen LogP contribution is -2.33. The van der Waals surface area contributed by atoms with Crippen molar-refractivity contribution >= 4 is 65.1 Å². The number of nitrogens with two attached hydrogens (primary N) is 1. The lowest BCUT2D eigenvalue weighted by molar-refractivity contribution is -0.538. The van der Waals surface area contributed by atoms with E-state index in [0.717, 1.165) is 39.2 Å². The largest absolute Gasteiger partial charge is 0.399 e. The average molecular weight is 671 g/mol. The second-order valence-electron chi connectivity index (χ2n) is 11.1. The van der Waals surface area contributed by atoms with Gasteiger partial charge >= 0.3 is 0 Å². The Labute approximate surface area is 272 Å². The molecule has 0 saturated heterocycles. The molecule has 0 atom stereocenters. The Morgan fingerprint density at radius 2 is 1.30 bits per heavy atom.